The molecular weight excluding hydrogens is 312 g/mol. The smallest absolute Gasteiger partial charge is 0.305 e. The van der Waals surface area contributed by atoms with Gasteiger partial charge in [-0.2, -0.15) is 0 Å². The summed E-state index contributed by atoms with van der Waals surface area (Å²) in [6, 6.07) is 0. The predicted molar refractivity (Wildman–Crippen MR) is 92.0 cm³/mol. The average molecular weight is 346 g/mol. The Morgan fingerprint density at radius 3 is 1.92 bits per heavy atom. The van der Waals surface area contributed by atoms with E-state index in [2.05, 4.69) is 0 Å². The molecule has 0 aliphatic carbocycles. The Morgan fingerprint density at radius 1 is 0.833 bits per heavy atom. The summed E-state index contributed by atoms with van der Waals surface area (Å²) in [6.45, 7) is 12.2. The third kappa shape index (κ3) is 14.6. The number of carbonyl (C=O) groups excluding carboxylic acids is 2. The van der Waals surface area contributed by atoms with Crippen LogP contribution in [0.3, 0.4) is 0 Å². The summed E-state index contributed by atoms with van der Waals surface area (Å²) in [7, 11) is 0. The summed E-state index contributed by atoms with van der Waals surface area (Å²) in [4.78, 5) is 23.2. The Bertz CT molecular complexity index is 346. The Morgan fingerprint density at radius 2 is 1.38 bits per heavy atom. The maximum absolute atomic E-state index is 11.7. The van der Waals surface area contributed by atoms with Crippen molar-refractivity contribution in [1.29, 1.82) is 0 Å². The van der Waals surface area contributed by atoms with Crippen molar-refractivity contribution in [2.24, 2.45) is 5.41 Å². The van der Waals surface area contributed by atoms with Crippen LogP contribution in [-0.2, 0) is 28.5 Å². The largest absolute Gasteiger partial charge is 0.463 e. The number of esters is 1. The van der Waals surface area contributed by atoms with E-state index >= 15 is 0 Å². The number of ketones is 1. The maximum Gasteiger partial charge on any atom is 0.305 e. The van der Waals surface area contributed by atoms with Gasteiger partial charge in [0.1, 0.15) is 12.4 Å². The quantitative estimate of drug-likeness (QED) is 0.356. The molecule has 0 aromatic carbocycles. The van der Waals surface area contributed by atoms with Crippen LogP contribution >= 0.6 is 0 Å². The van der Waals surface area contributed by atoms with Crippen molar-refractivity contribution in [3.63, 3.8) is 0 Å². The Kier molecular flexibility index (Phi) is 12.8. The molecule has 0 heterocycles. The number of hydrogen-bond donors (Lipinski definition) is 0. The third-order valence-corrected chi connectivity index (χ3v) is 3.16. The lowest BCUT2D eigenvalue weighted by molar-refractivity contribution is -0.145. The summed E-state index contributed by atoms with van der Waals surface area (Å²) in [6.07, 6.45) is 1.42. The molecule has 0 atom stereocenters. The van der Waals surface area contributed by atoms with Gasteiger partial charge < -0.3 is 18.9 Å². The summed E-state index contributed by atoms with van der Waals surface area (Å²) in [5, 5.41) is 0. The van der Waals surface area contributed by atoms with Crippen LogP contribution in [0, 0.1) is 5.41 Å². The van der Waals surface area contributed by atoms with Gasteiger partial charge in [-0.3, -0.25) is 9.59 Å². The second-order valence-electron chi connectivity index (χ2n) is 6.89. The molecule has 0 aromatic rings. The van der Waals surface area contributed by atoms with E-state index < -0.39 is 0 Å². The van der Waals surface area contributed by atoms with E-state index in [0.29, 0.717) is 45.9 Å². The molecule has 6 heteroatoms. The summed E-state index contributed by atoms with van der Waals surface area (Å²) >= 11 is 0. The zero-order valence-electron chi connectivity index (χ0n) is 15.9. The molecule has 0 spiro atoms. The normalized spacial score (nSPS) is 11.8. The molecule has 0 radical (unpaired) electrons. The Hall–Kier alpha value is -0.980. The van der Waals surface area contributed by atoms with E-state index in [0.717, 1.165) is 0 Å². The number of Topliss-reactive ketones (excluding diaryl/α,β-unsaturated/α-hetero) is 1. The van der Waals surface area contributed by atoms with Gasteiger partial charge in [-0.25, -0.2) is 0 Å². The second-order valence-corrected chi connectivity index (χ2v) is 6.89. The molecule has 142 valence electrons. The number of carbonyl (C=O) groups is 2. The zero-order chi connectivity index (χ0) is 18.4. The fourth-order valence-corrected chi connectivity index (χ4v) is 1.72. The van der Waals surface area contributed by atoms with Crippen LogP contribution in [0.1, 0.15) is 53.9 Å². The minimum absolute atomic E-state index is 0.164. The first-order valence-electron chi connectivity index (χ1n) is 8.69. The molecule has 0 fully saturated rings. The molecule has 0 aromatic heterocycles. The van der Waals surface area contributed by atoms with E-state index in [1.807, 2.05) is 34.6 Å². The van der Waals surface area contributed by atoms with E-state index in [9.17, 15) is 9.59 Å². The first-order valence-corrected chi connectivity index (χ1v) is 8.69. The topological polar surface area (TPSA) is 71.1 Å². The molecule has 0 saturated heterocycles. The maximum atomic E-state index is 11.7. The molecule has 0 saturated carbocycles. The van der Waals surface area contributed by atoms with Crippen molar-refractivity contribution in [2.75, 3.05) is 39.6 Å². The van der Waals surface area contributed by atoms with Crippen LogP contribution in [0.25, 0.3) is 0 Å². The van der Waals surface area contributed by atoms with E-state index in [4.69, 9.17) is 18.9 Å². The van der Waals surface area contributed by atoms with E-state index in [-0.39, 0.29) is 36.3 Å². The highest BCUT2D eigenvalue weighted by atomic mass is 16.6. The van der Waals surface area contributed by atoms with Gasteiger partial charge in [0.05, 0.1) is 39.1 Å². The molecule has 0 aliphatic heterocycles. The molecule has 0 unspecified atom stereocenters. The van der Waals surface area contributed by atoms with Crippen LogP contribution in [0.4, 0.5) is 0 Å². The van der Waals surface area contributed by atoms with Gasteiger partial charge in [-0.05, 0) is 20.3 Å². The first kappa shape index (κ1) is 23.0. The Balaban J connectivity index is 3.36. The van der Waals surface area contributed by atoms with Crippen molar-refractivity contribution in [2.45, 2.75) is 60.0 Å². The summed E-state index contributed by atoms with van der Waals surface area (Å²) in [5.74, 6) is -0.125. The minimum Gasteiger partial charge on any atom is -0.463 e. The molecule has 0 amide bonds. The van der Waals surface area contributed by atoms with Gasteiger partial charge >= 0.3 is 5.97 Å². The molecule has 0 rings (SSSR count). The van der Waals surface area contributed by atoms with Crippen LogP contribution in [0.15, 0.2) is 0 Å². The zero-order valence-corrected chi connectivity index (χ0v) is 15.9. The van der Waals surface area contributed by atoms with Crippen molar-refractivity contribution in [3.8, 4) is 0 Å². The molecule has 0 aliphatic rings. The SMILES string of the molecule is CC(C)OCCOCCOCCOC(=O)CCCC(=O)C(C)(C)C. The second kappa shape index (κ2) is 13.3. The van der Waals surface area contributed by atoms with Gasteiger partial charge in [0, 0.05) is 18.3 Å². The van der Waals surface area contributed by atoms with Crippen LogP contribution in [-0.4, -0.2) is 57.5 Å². The number of ether oxygens (including phenoxy) is 4. The molecule has 0 bridgehead atoms. The third-order valence-electron chi connectivity index (χ3n) is 3.16. The highest BCUT2D eigenvalue weighted by molar-refractivity contribution is 5.84. The van der Waals surface area contributed by atoms with Gasteiger partial charge in [0.2, 0.25) is 0 Å². The van der Waals surface area contributed by atoms with Crippen LogP contribution in [0.2, 0.25) is 0 Å². The lowest BCUT2D eigenvalue weighted by Gasteiger charge is -2.15. The van der Waals surface area contributed by atoms with Crippen LogP contribution < -0.4 is 0 Å². The van der Waals surface area contributed by atoms with Crippen molar-refractivity contribution < 1.29 is 28.5 Å². The van der Waals surface area contributed by atoms with E-state index in [1.165, 1.54) is 0 Å². The molecule has 6 nitrogen and oxygen atoms in total. The molecular formula is C18H34O6. The summed E-state index contributed by atoms with van der Waals surface area (Å²) in [5.41, 5.74) is -0.346. The highest BCUT2D eigenvalue weighted by Crippen LogP contribution is 2.18. The van der Waals surface area contributed by atoms with E-state index in [1.54, 1.807) is 0 Å². The molecule has 24 heavy (non-hydrogen) atoms. The lowest BCUT2D eigenvalue weighted by atomic mass is 9.88. The van der Waals surface area contributed by atoms with Crippen LogP contribution in [0.5, 0.6) is 0 Å². The van der Waals surface area contributed by atoms with Crippen molar-refractivity contribution in [3.05, 3.63) is 0 Å². The highest BCUT2D eigenvalue weighted by Gasteiger charge is 2.20. The van der Waals surface area contributed by atoms with Gasteiger partial charge in [0.15, 0.2) is 0 Å². The fourth-order valence-electron chi connectivity index (χ4n) is 1.72. The monoisotopic (exact) mass is 346 g/mol. The van der Waals surface area contributed by atoms with Gasteiger partial charge in [-0.15, -0.1) is 0 Å². The standard InChI is InChI=1S/C18H34O6/c1-15(2)23-13-11-21-9-10-22-12-14-24-17(20)8-6-7-16(19)18(3,4)5/h15H,6-14H2,1-5H3. The summed E-state index contributed by atoms with van der Waals surface area (Å²) < 4.78 is 21.0. The lowest BCUT2D eigenvalue weighted by Crippen LogP contribution is -2.20. The Labute approximate surface area is 146 Å². The molecule has 0 N–H and O–H groups in total. The first-order chi connectivity index (χ1) is 11.2. The minimum atomic E-state index is -0.346. The van der Waals surface area contributed by atoms with Crippen molar-refractivity contribution >= 4 is 11.8 Å². The van der Waals surface area contributed by atoms with Gasteiger partial charge in [0.25, 0.3) is 0 Å². The fraction of sp³-hybridized carbons (Fsp3) is 0.889. The number of hydrogen-bond acceptors (Lipinski definition) is 6. The van der Waals surface area contributed by atoms with Gasteiger partial charge in [-0.1, -0.05) is 20.8 Å². The van der Waals surface area contributed by atoms with Crippen molar-refractivity contribution in [1.82, 2.24) is 0 Å². The predicted octanol–water partition coefficient (Wildman–Crippen LogP) is 2.77. The number of rotatable bonds is 14. The average Bonchev–Trinajstić information content (AvgIpc) is 2.47.